The van der Waals surface area contributed by atoms with Crippen molar-refractivity contribution in [1.29, 1.82) is 0 Å². The molecule has 2 rings (SSSR count). The molecule has 1 saturated heterocycles. The van der Waals surface area contributed by atoms with Gasteiger partial charge in [-0.05, 0) is 31.5 Å². The molecule has 0 spiro atoms. The average molecular weight is 339 g/mol. The molecule has 1 atom stereocenters. The van der Waals surface area contributed by atoms with Crippen LogP contribution in [0.15, 0.2) is 18.2 Å². The zero-order chi connectivity index (χ0) is 17.9. The van der Waals surface area contributed by atoms with Gasteiger partial charge in [0.25, 0.3) is 5.91 Å². The molecule has 1 aliphatic heterocycles. The number of rotatable bonds is 6. The van der Waals surface area contributed by atoms with Gasteiger partial charge in [0.05, 0.1) is 0 Å². The molecule has 24 heavy (non-hydrogen) atoms. The first-order chi connectivity index (χ1) is 11.3. The van der Waals surface area contributed by atoms with Crippen LogP contribution in [0.1, 0.15) is 32.3 Å². The highest BCUT2D eigenvalue weighted by atomic mass is 19.1. The van der Waals surface area contributed by atoms with Crippen LogP contribution in [0.25, 0.3) is 0 Å². The van der Waals surface area contributed by atoms with E-state index in [1.54, 1.807) is 0 Å². The lowest BCUT2D eigenvalue weighted by Gasteiger charge is -2.22. The number of halogens is 2. The summed E-state index contributed by atoms with van der Waals surface area (Å²) in [6, 6.07) is 1.84. The minimum atomic E-state index is -1.76. The predicted octanol–water partition coefficient (Wildman–Crippen LogP) is 1.65. The first-order valence-electron chi connectivity index (χ1n) is 7.66. The van der Waals surface area contributed by atoms with Gasteiger partial charge >= 0.3 is 6.03 Å². The third-order valence-electron chi connectivity index (χ3n) is 3.90. The van der Waals surface area contributed by atoms with Crippen LogP contribution < -0.4 is 10.6 Å². The first-order valence-corrected chi connectivity index (χ1v) is 7.66. The van der Waals surface area contributed by atoms with Crippen molar-refractivity contribution in [3.63, 3.8) is 0 Å². The molecule has 1 aromatic rings. The molecule has 0 aliphatic carbocycles. The van der Waals surface area contributed by atoms with Crippen molar-refractivity contribution in [2.45, 2.75) is 32.2 Å². The number of hydrogen-bond acceptors (Lipinski definition) is 3. The van der Waals surface area contributed by atoms with Crippen molar-refractivity contribution >= 4 is 17.8 Å². The molecule has 2 N–H and O–H groups in total. The smallest absolute Gasteiger partial charge is 0.325 e. The van der Waals surface area contributed by atoms with Crippen LogP contribution in [0.4, 0.5) is 13.6 Å². The largest absolute Gasteiger partial charge is 0.355 e. The number of amides is 4. The number of unbranched alkanes of at least 4 members (excludes halogenated alkanes) is 1. The zero-order valence-corrected chi connectivity index (χ0v) is 13.5. The minimum absolute atomic E-state index is 0.283. The Balaban J connectivity index is 2.18. The Labute approximate surface area is 138 Å². The molecule has 0 aromatic heterocycles. The van der Waals surface area contributed by atoms with Crippen LogP contribution in [0.3, 0.4) is 0 Å². The molecule has 0 unspecified atom stereocenters. The number of imide groups is 1. The maximum absolute atomic E-state index is 14.0. The number of carbonyl (C=O) groups excluding carboxylic acids is 3. The van der Waals surface area contributed by atoms with E-state index in [1.807, 2.05) is 6.92 Å². The molecule has 1 aliphatic rings. The molecule has 1 heterocycles. The summed E-state index contributed by atoms with van der Waals surface area (Å²) < 4.78 is 27.4. The third kappa shape index (κ3) is 3.37. The Bertz CT molecular complexity index is 681. The van der Waals surface area contributed by atoms with E-state index in [9.17, 15) is 23.2 Å². The summed E-state index contributed by atoms with van der Waals surface area (Å²) >= 11 is 0. The van der Waals surface area contributed by atoms with E-state index in [2.05, 4.69) is 10.6 Å². The van der Waals surface area contributed by atoms with E-state index in [-0.39, 0.29) is 5.56 Å². The zero-order valence-electron chi connectivity index (χ0n) is 13.5. The number of carbonyl (C=O) groups is 3. The molecular formula is C16H19F2N3O3. The molecule has 130 valence electrons. The number of hydrogen-bond donors (Lipinski definition) is 2. The van der Waals surface area contributed by atoms with E-state index in [4.69, 9.17) is 0 Å². The monoisotopic (exact) mass is 339 g/mol. The number of nitrogens with one attached hydrogen (secondary N) is 2. The highest BCUT2D eigenvalue weighted by Crippen LogP contribution is 2.31. The molecule has 6 nitrogen and oxygen atoms in total. The van der Waals surface area contributed by atoms with Crippen LogP contribution in [0.2, 0.25) is 0 Å². The fourth-order valence-electron chi connectivity index (χ4n) is 2.51. The van der Waals surface area contributed by atoms with E-state index in [0.717, 1.165) is 31.0 Å². The van der Waals surface area contributed by atoms with Crippen LogP contribution in [-0.4, -0.2) is 35.8 Å². The molecular weight excluding hydrogens is 320 g/mol. The fourth-order valence-corrected chi connectivity index (χ4v) is 2.51. The molecule has 4 amide bonds. The molecule has 0 radical (unpaired) electrons. The number of nitrogens with zero attached hydrogens (tertiary/aromatic N) is 1. The summed E-state index contributed by atoms with van der Waals surface area (Å²) in [6.07, 6.45) is 1.67. The van der Waals surface area contributed by atoms with E-state index < -0.39 is 41.6 Å². The normalized spacial score (nSPS) is 20.2. The lowest BCUT2D eigenvalue weighted by atomic mass is 9.91. The Kier molecular flexibility index (Phi) is 5.16. The van der Waals surface area contributed by atoms with Crippen LogP contribution >= 0.6 is 0 Å². The van der Waals surface area contributed by atoms with Crippen LogP contribution in [0.5, 0.6) is 0 Å². The standard InChI is InChI=1S/C16H19F2N3O3/c1-3-4-7-19-13(22)9-21-14(23)16(2,20-15(21)24)11-8-10(17)5-6-12(11)18/h5-6,8H,3-4,7,9H2,1-2H3,(H,19,22)(H,20,24)/t16-/m0/s1. The van der Waals surface area contributed by atoms with Crippen molar-refractivity contribution in [3.05, 3.63) is 35.4 Å². The van der Waals surface area contributed by atoms with Crippen molar-refractivity contribution in [3.8, 4) is 0 Å². The lowest BCUT2D eigenvalue weighted by molar-refractivity contribution is -0.134. The van der Waals surface area contributed by atoms with Crippen molar-refractivity contribution in [2.24, 2.45) is 0 Å². The predicted molar refractivity (Wildman–Crippen MR) is 81.9 cm³/mol. The Morgan fingerprint density at radius 1 is 1.33 bits per heavy atom. The van der Waals surface area contributed by atoms with Gasteiger partial charge in [-0.25, -0.2) is 13.6 Å². The number of urea groups is 1. The van der Waals surface area contributed by atoms with Gasteiger partial charge in [0.15, 0.2) is 0 Å². The second-order valence-corrected chi connectivity index (χ2v) is 5.77. The van der Waals surface area contributed by atoms with Crippen molar-refractivity contribution < 1.29 is 23.2 Å². The Morgan fingerprint density at radius 3 is 2.71 bits per heavy atom. The van der Waals surface area contributed by atoms with Gasteiger partial charge in [-0.3, -0.25) is 14.5 Å². The minimum Gasteiger partial charge on any atom is -0.355 e. The van der Waals surface area contributed by atoms with E-state index >= 15 is 0 Å². The van der Waals surface area contributed by atoms with Crippen LogP contribution in [0, 0.1) is 11.6 Å². The quantitative estimate of drug-likeness (QED) is 0.611. The average Bonchev–Trinajstić information content (AvgIpc) is 2.74. The van der Waals surface area contributed by atoms with E-state index in [1.165, 1.54) is 6.92 Å². The number of benzene rings is 1. The Morgan fingerprint density at radius 2 is 2.04 bits per heavy atom. The van der Waals surface area contributed by atoms with Gasteiger partial charge < -0.3 is 10.6 Å². The molecule has 0 saturated carbocycles. The lowest BCUT2D eigenvalue weighted by Crippen LogP contribution is -2.43. The highest BCUT2D eigenvalue weighted by Gasteiger charge is 2.50. The molecule has 1 fully saturated rings. The second kappa shape index (κ2) is 6.94. The maximum Gasteiger partial charge on any atom is 0.325 e. The summed E-state index contributed by atoms with van der Waals surface area (Å²) in [5, 5.41) is 4.93. The van der Waals surface area contributed by atoms with E-state index in [0.29, 0.717) is 11.4 Å². The summed E-state index contributed by atoms with van der Waals surface area (Å²) in [7, 11) is 0. The van der Waals surface area contributed by atoms with Crippen molar-refractivity contribution in [2.75, 3.05) is 13.1 Å². The molecule has 8 heteroatoms. The third-order valence-corrected chi connectivity index (χ3v) is 3.90. The van der Waals surface area contributed by atoms with Gasteiger partial charge in [-0.1, -0.05) is 13.3 Å². The fraction of sp³-hybridized carbons (Fsp3) is 0.438. The van der Waals surface area contributed by atoms with Gasteiger partial charge in [-0.15, -0.1) is 0 Å². The Hall–Kier alpha value is -2.51. The van der Waals surface area contributed by atoms with Crippen molar-refractivity contribution in [1.82, 2.24) is 15.5 Å². The summed E-state index contributed by atoms with van der Waals surface area (Å²) in [6.45, 7) is 3.21. The van der Waals surface area contributed by atoms with Gasteiger partial charge in [0.2, 0.25) is 5.91 Å². The second-order valence-electron chi connectivity index (χ2n) is 5.77. The summed E-state index contributed by atoms with van der Waals surface area (Å²) in [5.74, 6) is -2.84. The van der Waals surface area contributed by atoms with Gasteiger partial charge in [0.1, 0.15) is 23.7 Å². The maximum atomic E-state index is 14.0. The van der Waals surface area contributed by atoms with Gasteiger partial charge in [-0.2, -0.15) is 0 Å². The summed E-state index contributed by atoms with van der Waals surface area (Å²) in [4.78, 5) is 37.1. The molecule has 0 bridgehead atoms. The molecule has 1 aromatic carbocycles. The highest BCUT2D eigenvalue weighted by molar-refractivity contribution is 6.09. The van der Waals surface area contributed by atoms with Crippen LogP contribution in [-0.2, 0) is 15.1 Å². The topological polar surface area (TPSA) is 78.5 Å². The SMILES string of the molecule is CCCCNC(=O)CN1C(=O)N[C@@](C)(c2cc(F)ccc2F)C1=O. The summed E-state index contributed by atoms with van der Waals surface area (Å²) in [5.41, 5.74) is -2.04. The van der Waals surface area contributed by atoms with Gasteiger partial charge in [0, 0.05) is 12.1 Å². The first kappa shape index (κ1) is 17.8.